The molecule has 1 amide bonds. The molecule has 21 heavy (non-hydrogen) atoms. The SMILES string of the molecule is N#Cc1ccc(CCC(N2CCC(=O)N2)C(F)(F)F)cc1. The smallest absolute Gasteiger partial charge is 0.288 e. The summed E-state index contributed by atoms with van der Waals surface area (Å²) in [6.07, 6.45) is -4.23. The Hall–Kier alpha value is -2.07. The van der Waals surface area contributed by atoms with E-state index in [9.17, 15) is 18.0 Å². The van der Waals surface area contributed by atoms with E-state index in [0.29, 0.717) is 5.56 Å². The average Bonchev–Trinajstić information content (AvgIpc) is 2.84. The first-order valence-corrected chi connectivity index (χ1v) is 6.52. The first-order valence-electron chi connectivity index (χ1n) is 6.52. The van der Waals surface area contributed by atoms with Crippen LogP contribution in [-0.2, 0) is 11.2 Å². The van der Waals surface area contributed by atoms with Crippen LogP contribution in [0.4, 0.5) is 13.2 Å². The highest BCUT2D eigenvalue weighted by atomic mass is 19.4. The van der Waals surface area contributed by atoms with Gasteiger partial charge in [-0.05, 0) is 30.5 Å². The Morgan fingerprint density at radius 1 is 1.33 bits per heavy atom. The number of halogens is 3. The number of hydrazine groups is 1. The van der Waals surface area contributed by atoms with Crippen molar-refractivity contribution in [2.24, 2.45) is 0 Å². The number of amides is 1. The fourth-order valence-electron chi connectivity index (χ4n) is 2.27. The number of alkyl halides is 3. The van der Waals surface area contributed by atoms with Crippen molar-refractivity contribution in [3.05, 3.63) is 35.4 Å². The lowest BCUT2D eigenvalue weighted by molar-refractivity contribution is -0.189. The van der Waals surface area contributed by atoms with Crippen LogP contribution in [0.25, 0.3) is 0 Å². The Bertz CT molecular complexity index is 548. The number of benzene rings is 1. The molecular formula is C14H14F3N3O. The van der Waals surface area contributed by atoms with E-state index in [1.165, 1.54) is 0 Å². The third kappa shape index (κ3) is 3.95. The number of carbonyl (C=O) groups excluding carboxylic acids is 1. The molecule has 4 nitrogen and oxygen atoms in total. The Balaban J connectivity index is 2.02. The normalized spacial score (nSPS) is 17.3. The first kappa shape index (κ1) is 15.3. The topological polar surface area (TPSA) is 56.1 Å². The van der Waals surface area contributed by atoms with Gasteiger partial charge in [0.15, 0.2) is 0 Å². The zero-order valence-corrected chi connectivity index (χ0v) is 11.2. The Morgan fingerprint density at radius 2 is 2.00 bits per heavy atom. The largest absolute Gasteiger partial charge is 0.405 e. The molecular weight excluding hydrogens is 283 g/mol. The van der Waals surface area contributed by atoms with Gasteiger partial charge in [0, 0.05) is 13.0 Å². The zero-order valence-electron chi connectivity index (χ0n) is 11.2. The van der Waals surface area contributed by atoms with Crippen molar-refractivity contribution in [3.8, 4) is 6.07 Å². The summed E-state index contributed by atoms with van der Waals surface area (Å²) < 4.78 is 39.3. The number of hydrogen-bond donors (Lipinski definition) is 1. The predicted molar refractivity (Wildman–Crippen MR) is 68.8 cm³/mol. The van der Waals surface area contributed by atoms with Gasteiger partial charge >= 0.3 is 6.18 Å². The number of carbonyl (C=O) groups is 1. The van der Waals surface area contributed by atoms with Crippen LogP contribution in [0.1, 0.15) is 24.0 Å². The highest BCUT2D eigenvalue weighted by Crippen LogP contribution is 2.28. The molecule has 1 atom stereocenters. The summed E-state index contributed by atoms with van der Waals surface area (Å²) in [5.41, 5.74) is 3.45. The molecule has 0 aromatic heterocycles. The van der Waals surface area contributed by atoms with Gasteiger partial charge in [-0.15, -0.1) is 0 Å². The van der Waals surface area contributed by atoms with Gasteiger partial charge in [0.25, 0.3) is 0 Å². The molecule has 1 fully saturated rings. The van der Waals surface area contributed by atoms with Crippen molar-refractivity contribution in [3.63, 3.8) is 0 Å². The molecule has 7 heteroatoms. The highest BCUT2D eigenvalue weighted by molar-refractivity contribution is 5.77. The van der Waals surface area contributed by atoms with Crippen LogP contribution in [0.5, 0.6) is 0 Å². The molecule has 1 aromatic rings. The fraction of sp³-hybridized carbons (Fsp3) is 0.429. The predicted octanol–water partition coefficient (Wildman–Crippen LogP) is 2.16. The molecule has 1 aliphatic rings. The summed E-state index contributed by atoms with van der Waals surface area (Å²) in [5.74, 6) is -0.386. The van der Waals surface area contributed by atoms with Crippen LogP contribution in [-0.4, -0.2) is 29.7 Å². The van der Waals surface area contributed by atoms with Gasteiger partial charge in [0.2, 0.25) is 5.91 Å². The van der Waals surface area contributed by atoms with E-state index >= 15 is 0 Å². The number of nitriles is 1. The van der Waals surface area contributed by atoms with Crippen molar-refractivity contribution in [2.75, 3.05) is 6.54 Å². The molecule has 1 heterocycles. The maximum absolute atomic E-state index is 13.1. The Morgan fingerprint density at radius 3 is 2.48 bits per heavy atom. The highest BCUT2D eigenvalue weighted by Gasteiger charge is 2.45. The quantitative estimate of drug-likeness (QED) is 0.926. The summed E-state index contributed by atoms with van der Waals surface area (Å²) in [4.78, 5) is 11.1. The first-order chi connectivity index (χ1) is 9.90. The van der Waals surface area contributed by atoms with E-state index in [4.69, 9.17) is 5.26 Å². The molecule has 0 spiro atoms. The molecule has 0 radical (unpaired) electrons. The van der Waals surface area contributed by atoms with E-state index in [1.807, 2.05) is 6.07 Å². The average molecular weight is 297 g/mol. The number of nitrogens with one attached hydrogen (secondary N) is 1. The van der Waals surface area contributed by atoms with Crippen molar-refractivity contribution in [1.29, 1.82) is 5.26 Å². The van der Waals surface area contributed by atoms with E-state index in [0.717, 1.165) is 10.6 Å². The van der Waals surface area contributed by atoms with E-state index in [2.05, 4.69) is 5.43 Å². The minimum atomic E-state index is -4.40. The van der Waals surface area contributed by atoms with Crippen molar-refractivity contribution >= 4 is 5.91 Å². The maximum atomic E-state index is 13.1. The second-order valence-electron chi connectivity index (χ2n) is 4.88. The minimum absolute atomic E-state index is 0.0659. The molecule has 0 bridgehead atoms. The van der Waals surface area contributed by atoms with Gasteiger partial charge in [0.1, 0.15) is 6.04 Å². The molecule has 1 unspecified atom stereocenters. The van der Waals surface area contributed by atoms with E-state index < -0.39 is 12.2 Å². The Kier molecular flexibility index (Phi) is 4.48. The van der Waals surface area contributed by atoms with Gasteiger partial charge in [-0.25, -0.2) is 5.01 Å². The van der Waals surface area contributed by atoms with Crippen molar-refractivity contribution in [1.82, 2.24) is 10.4 Å². The van der Waals surface area contributed by atoms with Crippen LogP contribution >= 0.6 is 0 Å². The number of nitrogens with zero attached hydrogens (tertiary/aromatic N) is 2. The molecule has 1 aromatic carbocycles. The molecule has 2 rings (SSSR count). The summed E-state index contributed by atoms with van der Waals surface area (Å²) in [5, 5.41) is 9.64. The summed E-state index contributed by atoms with van der Waals surface area (Å²) in [6.45, 7) is 0.0659. The van der Waals surface area contributed by atoms with Gasteiger partial charge in [0.05, 0.1) is 11.6 Å². The summed E-state index contributed by atoms with van der Waals surface area (Å²) in [7, 11) is 0. The van der Waals surface area contributed by atoms with Gasteiger partial charge < -0.3 is 0 Å². The number of aryl methyl sites for hydroxylation is 1. The lowest BCUT2D eigenvalue weighted by Crippen LogP contribution is -2.50. The third-order valence-corrected chi connectivity index (χ3v) is 3.39. The monoisotopic (exact) mass is 297 g/mol. The second-order valence-corrected chi connectivity index (χ2v) is 4.88. The van der Waals surface area contributed by atoms with E-state index in [-0.39, 0.29) is 31.7 Å². The van der Waals surface area contributed by atoms with E-state index in [1.54, 1.807) is 24.3 Å². The second kappa shape index (κ2) is 6.14. The third-order valence-electron chi connectivity index (χ3n) is 3.39. The van der Waals surface area contributed by atoms with Crippen LogP contribution < -0.4 is 5.43 Å². The van der Waals surface area contributed by atoms with Crippen LogP contribution in [0.15, 0.2) is 24.3 Å². The van der Waals surface area contributed by atoms with Gasteiger partial charge in [-0.2, -0.15) is 18.4 Å². The standard InChI is InChI=1S/C14H14F3N3O/c15-14(16,17)12(20-8-7-13(21)19-20)6-5-10-1-3-11(9-18)4-2-10/h1-4,12H,5-8H2,(H,19,21). The fourth-order valence-corrected chi connectivity index (χ4v) is 2.27. The van der Waals surface area contributed by atoms with Crippen LogP contribution in [0.3, 0.4) is 0 Å². The lowest BCUT2D eigenvalue weighted by Gasteiger charge is -2.28. The molecule has 0 saturated carbocycles. The van der Waals surface area contributed by atoms with Gasteiger partial charge in [-0.1, -0.05) is 12.1 Å². The number of hydrogen-bond acceptors (Lipinski definition) is 3. The molecule has 1 N–H and O–H groups in total. The molecule has 112 valence electrons. The molecule has 1 aliphatic heterocycles. The Labute approximate surface area is 120 Å². The molecule has 1 saturated heterocycles. The molecule has 0 aliphatic carbocycles. The number of rotatable bonds is 4. The van der Waals surface area contributed by atoms with Crippen molar-refractivity contribution in [2.45, 2.75) is 31.5 Å². The van der Waals surface area contributed by atoms with Gasteiger partial charge in [-0.3, -0.25) is 10.2 Å². The lowest BCUT2D eigenvalue weighted by atomic mass is 10.0. The van der Waals surface area contributed by atoms with Crippen molar-refractivity contribution < 1.29 is 18.0 Å². The minimum Gasteiger partial charge on any atom is -0.288 e. The zero-order chi connectivity index (χ0) is 15.5. The van der Waals surface area contributed by atoms with Crippen LogP contribution in [0.2, 0.25) is 0 Å². The van der Waals surface area contributed by atoms with Crippen LogP contribution in [0, 0.1) is 11.3 Å². The maximum Gasteiger partial charge on any atom is 0.405 e. The summed E-state index contributed by atoms with van der Waals surface area (Å²) >= 11 is 0. The summed E-state index contributed by atoms with van der Waals surface area (Å²) in [6, 6.07) is 6.71.